The number of methoxy groups -OCH3 is 1. The molecule has 0 aliphatic carbocycles. The van der Waals surface area contributed by atoms with Crippen LogP contribution in [0.4, 0.5) is 0 Å². The largest absolute Gasteiger partial charge is 0.459 e. The summed E-state index contributed by atoms with van der Waals surface area (Å²) in [5, 5.41) is 0. The summed E-state index contributed by atoms with van der Waals surface area (Å²) in [7, 11) is 1.29. The smallest absolute Gasteiger partial charge is 0.303 e. The third kappa shape index (κ3) is 8.97. The minimum absolute atomic E-state index is 0.0769. The summed E-state index contributed by atoms with van der Waals surface area (Å²) < 4.78 is 15.3. The Morgan fingerprint density at radius 2 is 1.65 bits per heavy atom. The van der Waals surface area contributed by atoms with Gasteiger partial charge in [-0.25, -0.2) is 0 Å². The third-order valence-electron chi connectivity index (χ3n) is 3.27. The molecule has 0 saturated carbocycles. The molecule has 0 rings (SSSR count). The molecule has 0 heterocycles. The Morgan fingerprint density at radius 3 is 2.04 bits per heavy atom. The number of carbonyl (C=O) groups excluding carboxylic acids is 3. The van der Waals surface area contributed by atoms with E-state index in [1.165, 1.54) is 21.0 Å². The maximum atomic E-state index is 11.4. The molecule has 0 spiro atoms. The van der Waals surface area contributed by atoms with E-state index in [-0.39, 0.29) is 6.42 Å². The Hall–Kier alpha value is -1.89. The zero-order chi connectivity index (χ0) is 18.0. The molecule has 0 radical (unpaired) electrons. The molecule has 0 aromatic carbocycles. The van der Waals surface area contributed by atoms with Crippen molar-refractivity contribution in [1.29, 1.82) is 0 Å². The predicted octanol–water partition coefficient (Wildman–Crippen LogP) is 1.34. The normalized spacial score (nSPS) is 16.4. The van der Waals surface area contributed by atoms with Crippen molar-refractivity contribution < 1.29 is 28.6 Å². The van der Waals surface area contributed by atoms with Gasteiger partial charge in [-0.3, -0.25) is 14.4 Å². The Balaban J connectivity index is 5.23. The zero-order valence-corrected chi connectivity index (χ0v) is 14.4. The van der Waals surface area contributed by atoms with Crippen molar-refractivity contribution >= 4 is 17.8 Å². The summed E-state index contributed by atoms with van der Waals surface area (Å²) >= 11 is 0. The van der Waals surface area contributed by atoms with E-state index in [1.807, 2.05) is 19.9 Å². The summed E-state index contributed by atoms with van der Waals surface area (Å²) in [6.45, 7) is 6.56. The zero-order valence-electron chi connectivity index (χ0n) is 14.4. The highest BCUT2D eigenvalue weighted by atomic mass is 16.6. The Kier molecular flexibility index (Phi) is 9.89. The van der Waals surface area contributed by atoms with Gasteiger partial charge in [0.15, 0.2) is 6.10 Å². The van der Waals surface area contributed by atoms with E-state index in [9.17, 15) is 14.4 Å². The minimum atomic E-state index is -1.12. The molecule has 7 nitrogen and oxygen atoms in total. The van der Waals surface area contributed by atoms with Crippen molar-refractivity contribution in [2.24, 2.45) is 11.7 Å². The number of ether oxygens (including phenoxy) is 3. The SMILES string of the molecule is CCC(C)/C=C/C(CC(OC(C)=O)C(OC)C(N)=O)OC(C)=O. The van der Waals surface area contributed by atoms with E-state index in [0.717, 1.165) is 6.42 Å². The molecule has 0 aliphatic heterocycles. The number of nitrogens with two attached hydrogens (primary N) is 1. The first-order valence-electron chi connectivity index (χ1n) is 7.56. The highest BCUT2D eigenvalue weighted by molar-refractivity contribution is 5.80. The molecule has 4 atom stereocenters. The van der Waals surface area contributed by atoms with Gasteiger partial charge in [0.05, 0.1) is 0 Å². The van der Waals surface area contributed by atoms with Gasteiger partial charge in [0.25, 0.3) is 0 Å². The molecule has 0 aromatic rings. The molecule has 0 saturated heterocycles. The first kappa shape index (κ1) is 21.1. The van der Waals surface area contributed by atoms with Crippen LogP contribution in [-0.2, 0) is 28.6 Å². The molecule has 0 aromatic heterocycles. The topological polar surface area (TPSA) is 105 Å². The second-order valence-corrected chi connectivity index (χ2v) is 5.36. The van der Waals surface area contributed by atoms with Crippen molar-refractivity contribution in [3.63, 3.8) is 0 Å². The van der Waals surface area contributed by atoms with Gasteiger partial charge in [-0.2, -0.15) is 0 Å². The van der Waals surface area contributed by atoms with Crippen LogP contribution < -0.4 is 5.73 Å². The molecule has 1 amide bonds. The summed E-state index contributed by atoms with van der Waals surface area (Å²) in [5.41, 5.74) is 5.26. The van der Waals surface area contributed by atoms with Crippen molar-refractivity contribution in [2.75, 3.05) is 7.11 Å². The van der Waals surface area contributed by atoms with Crippen molar-refractivity contribution in [3.05, 3.63) is 12.2 Å². The summed E-state index contributed by atoms with van der Waals surface area (Å²) in [5.74, 6) is -1.51. The quantitative estimate of drug-likeness (QED) is 0.479. The summed E-state index contributed by atoms with van der Waals surface area (Å²) in [6.07, 6.45) is 1.92. The van der Waals surface area contributed by atoms with Gasteiger partial charge in [0.1, 0.15) is 12.2 Å². The monoisotopic (exact) mass is 329 g/mol. The first-order chi connectivity index (χ1) is 10.7. The first-order valence-corrected chi connectivity index (χ1v) is 7.56. The molecular weight excluding hydrogens is 302 g/mol. The Labute approximate surface area is 137 Å². The van der Waals surface area contributed by atoms with Gasteiger partial charge >= 0.3 is 11.9 Å². The van der Waals surface area contributed by atoms with Crippen LogP contribution in [0.25, 0.3) is 0 Å². The highest BCUT2D eigenvalue weighted by Crippen LogP contribution is 2.16. The molecular formula is C16H27NO6. The van der Waals surface area contributed by atoms with Gasteiger partial charge in [-0.15, -0.1) is 0 Å². The van der Waals surface area contributed by atoms with Crippen molar-refractivity contribution in [3.8, 4) is 0 Å². The molecule has 0 aliphatic rings. The fourth-order valence-corrected chi connectivity index (χ4v) is 1.96. The fourth-order valence-electron chi connectivity index (χ4n) is 1.96. The number of amides is 1. The predicted molar refractivity (Wildman–Crippen MR) is 84.3 cm³/mol. The maximum absolute atomic E-state index is 11.4. The summed E-state index contributed by atoms with van der Waals surface area (Å²) in [6, 6.07) is 0. The lowest BCUT2D eigenvalue weighted by Gasteiger charge is -2.26. The molecule has 132 valence electrons. The number of rotatable bonds is 10. The second-order valence-electron chi connectivity index (χ2n) is 5.36. The molecule has 2 N–H and O–H groups in total. The van der Waals surface area contributed by atoms with E-state index in [4.69, 9.17) is 19.9 Å². The highest BCUT2D eigenvalue weighted by Gasteiger charge is 2.32. The van der Waals surface area contributed by atoms with E-state index in [2.05, 4.69) is 0 Å². The van der Waals surface area contributed by atoms with E-state index in [1.54, 1.807) is 6.08 Å². The number of hydrogen-bond donors (Lipinski definition) is 1. The van der Waals surface area contributed by atoms with Crippen molar-refractivity contribution in [1.82, 2.24) is 0 Å². The Bertz CT molecular complexity index is 434. The molecule has 0 bridgehead atoms. The average molecular weight is 329 g/mol. The van der Waals surface area contributed by atoms with Crippen molar-refractivity contribution in [2.45, 2.75) is 58.8 Å². The minimum Gasteiger partial charge on any atom is -0.459 e. The maximum Gasteiger partial charge on any atom is 0.303 e. The van der Waals surface area contributed by atoms with Crippen LogP contribution in [-0.4, -0.2) is 43.3 Å². The average Bonchev–Trinajstić information content (AvgIpc) is 2.43. The number of allylic oxidation sites excluding steroid dienone is 1. The van der Waals surface area contributed by atoms with Crippen LogP contribution in [0.15, 0.2) is 12.2 Å². The lowest BCUT2D eigenvalue weighted by atomic mass is 10.0. The van der Waals surface area contributed by atoms with Crippen LogP contribution in [0.5, 0.6) is 0 Å². The van der Waals surface area contributed by atoms with Crippen LogP contribution in [0.2, 0.25) is 0 Å². The van der Waals surface area contributed by atoms with Gasteiger partial charge < -0.3 is 19.9 Å². The molecule has 7 heteroatoms. The number of carbonyl (C=O) groups is 3. The van der Waals surface area contributed by atoms with E-state index in [0.29, 0.717) is 5.92 Å². The van der Waals surface area contributed by atoms with Gasteiger partial charge in [0, 0.05) is 27.4 Å². The number of primary amides is 1. The molecule has 4 unspecified atom stereocenters. The molecule has 23 heavy (non-hydrogen) atoms. The van der Waals surface area contributed by atoms with E-state index < -0.39 is 36.2 Å². The lowest BCUT2D eigenvalue weighted by Crippen LogP contribution is -2.44. The van der Waals surface area contributed by atoms with Crippen LogP contribution in [0.1, 0.15) is 40.5 Å². The van der Waals surface area contributed by atoms with Gasteiger partial charge in [-0.1, -0.05) is 26.3 Å². The van der Waals surface area contributed by atoms with Crippen LogP contribution >= 0.6 is 0 Å². The number of hydrogen-bond acceptors (Lipinski definition) is 6. The molecule has 0 fully saturated rings. The van der Waals surface area contributed by atoms with Gasteiger partial charge in [0.2, 0.25) is 5.91 Å². The van der Waals surface area contributed by atoms with Gasteiger partial charge in [-0.05, 0) is 12.0 Å². The van der Waals surface area contributed by atoms with E-state index >= 15 is 0 Å². The fraction of sp³-hybridized carbons (Fsp3) is 0.688. The Morgan fingerprint density at radius 1 is 1.09 bits per heavy atom. The standard InChI is InChI=1S/C16H27NO6/c1-6-10(2)7-8-13(22-11(3)18)9-14(23-12(4)19)15(21-5)16(17)20/h7-8,10,13-15H,6,9H2,1-5H3,(H2,17,20)/b8-7+. The van der Waals surface area contributed by atoms with Crippen LogP contribution in [0.3, 0.4) is 0 Å². The second kappa shape index (κ2) is 10.8. The number of esters is 2. The third-order valence-corrected chi connectivity index (χ3v) is 3.27. The lowest BCUT2D eigenvalue weighted by molar-refractivity contribution is -0.161. The summed E-state index contributed by atoms with van der Waals surface area (Å²) in [4.78, 5) is 34.0. The van der Waals surface area contributed by atoms with Crippen LogP contribution in [0, 0.1) is 5.92 Å².